The van der Waals surface area contributed by atoms with Gasteiger partial charge >= 0.3 is 0 Å². The molecule has 0 aliphatic rings. The average Bonchev–Trinajstić information content (AvgIpc) is 2.70. The van der Waals surface area contributed by atoms with Crippen molar-refractivity contribution in [3.8, 4) is 11.5 Å². The summed E-state index contributed by atoms with van der Waals surface area (Å²) in [6.07, 6.45) is 0. The Morgan fingerprint density at radius 2 is 1.65 bits per heavy atom. The molecular formula is C21H28N2O3. The molecule has 0 spiro atoms. The van der Waals surface area contributed by atoms with Gasteiger partial charge in [-0.25, -0.2) is 0 Å². The maximum absolute atomic E-state index is 12.2. The van der Waals surface area contributed by atoms with Crippen molar-refractivity contribution in [3.05, 3.63) is 60.2 Å². The fraction of sp³-hybridized carbons (Fsp3) is 0.381. The normalized spacial score (nSPS) is 11.8. The van der Waals surface area contributed by atoms with Gasteiger partial charge in [-0.15, -0.1) is 0 Å². The topological polar surface area (TPSA) is 50.8 Å². The number of rotatable bonds is 10. The summed E-state index contributed by atoms with van der Waals surface area (Å²) in [5.74, 6) is 1.39. The van der Waals surface area contributed by atoms with Crippen LogP contribution in [-0.4, -0.2) is 44.2 Å². The molecule has 0 saturated carbocycles. The number of methoxy groups -OCH3 is 1. The van der Waals surface area contributed by atoms with Crippen LogP contribution in [0.4, 0.5) is 0 Å². The van der Waals surface area contributed by atoms with E-state index in [-0.39, 0.29) is 18.6 Å². The van der Waals surface area contributed by atoms with Crippen LogP contribution < -0.4 is 14.8 Å². The van der Waals surface area contributed by atoms with Gasteiger partial charge in [0.25, 0.3) is 5.91 Å². The van der Waals surface area contributed by atoms with Crippen LogP contribution in [0, 0.1) is 0 Å². The number of nitrogens with one attached hydrogen (secondary N) is 1. The molecule has 0 bridgehead atoms. The fourth-order valence-corrected chi connectivity index (χ4v) is 2.88. The molecule has 0 heterocycles. The summed E-state index contributed by atoms with van der Waals surface area (Å²) in [7, 11) is 1.66. The fourth-order valence-electron chi connectivity index (χ4n) is 2.88. The van der Waals surface area contributed by atoms with Crippen molar-refractivity contribution in [1.29, 1.82) is 0 Å². The summed E-state index contributed by atoms with van der Waals surface area (Å²) in [5.41, 5.74) is 1.15. The lowest BCUT2D eigenvalue weighted by molar-refractivity contribution is -0.123. The predicted octanol–water partition coefficient (Wildman–Crippen LogP) is 3.27. The second-order valence-corrected chi connectivity index (χ2v) is 5.92. The van der Waals surface area contributed by atoms with Crippen LogP contribution in [0.25, 0.3) is 0 Å². The van der Waals surface area contributed by atoms with E-state index in [1.54, 1.807) is 7.11 Å². The molecule has 26 heavy (non-hydrogen) atoms. The Hall–Kier alpha value is -2.53. The number of likely N-dealkylation sites (N-methyl/N-ethyl adjacent to an activating group) is 1. The number of hydrogen-bond acceptors (Lipinski definition) is 4. The Kier molecular flexibility index (Phi) is 7.96. The van der Waals surface area contributed by atoms with Crippen molar-refractivity contribution in [2.24, 2.45) is 0 Å². The zero-order valence-corrected chi connectivity index (χ0v) is 15.8. The molecule has 140 valence electrons. The number of hydrogen-bond donors (Lipinski definition) is 1. The zero-order valence-electron chi connectivity index (χ0n) is 15.8. The molecule has 2 aromatic rings. The van der Waals surface area contributed by atoms with E-state index in [0.717, 1.165) is 24.4 Å². The van der Waals surface area contributed by atoms with Gasteiger partial charge in [0, 0.05) is 6.54 Å². The molecule has 1 amide bonds. The van der Waals surface area contributed by atoms with E-state index in [9.17, 15) is 4.79 Å². The first-order chi connectivity index (χ1) is 12.7. The van der Waals surface area contributed by atoms with Gasteiger partial charge in [-0.2, -0.15) is 0 Å². The summed E-state index contributed by atoms with van der Waals surface area (Å²) < 4.78 is 10.7. The van der Waals surface area contributed by atoms with E-state index < -0.39 is 0 Å². The quantitative estimate of drug-likeness (QED) is 0.710. The second-order valence-electron chi connectivity index (χ2n) is 5.92. The molecule has 0 radical (unpaired) electrons. The first kappa shape index (κ1) is 19.8. The molecule has 0 saturated heterocycles. The Morgan fingerprint density at radius 1 is 1.00 bits per heavy atom. The Bertz CT molecular complexity index is 655. The van der Waals surface area contributed by atoms with E-state index in [1.807, 2.05) is 42.5 Å². The molecule has 1 N–H and O–H groups in total. The van der Waals surface area contributed by atoms with Gasteiger partial charge in [0.15, 0.2) is 6.61 Å². The Morgan fingerprint density at radius 3 is 2.23 bits per heavy atom. The van der Waals surface area contributed by atoms with Crippen molar-refractivity contribution < 1.29 is 14.3 Å². The Labute approximate surface area is 155 Å². The van der Waals surface area contributed by atoms with Crippen LogP contribution in [0.5, 0.6) is 11.5 Å². The number of carbonyl (C=O) groups is 1. The highest BCUT2D eigenvalue weighted by Crippen LogP contribution is 2.22. The summed E-state index contributed by atoms with van der Waals surface area (Å²) in [6.45, 7) is 6.61. The first-order valence-corrected chi connectivity index (χ1v) is 9.00. The van der Waals surface area contributed by atoms with Crippen molar-refractivity contribution in [2.45, 2.75) is 19.9 Å². The zero-order chi connectivity index (χ0) is 18.8. The third-order valence-electron chi connectivity index (χ3n) is 4.36. The highest BCUT2D eigenvalue weighted by atomic mass is 16.5. The molecule has 1 atom stereocenters. The standard InChI is InChI=1S/C21H28N2O3/c1-4-23(5-2)20(17-11-13-18(25-3)14-12-17)15-22-21(24)16-26-19-9-7-6-8-10-19/h6-14,20H,4-5,15-16H2,1-3H3,(H,22,24). The predicted molar refractivity (Wildman–Crippen MR) is 104 cm³/mol. The van der Waals surface area contributed by atoms with Gasteiger partial charge < -0.3 is 14.8 Å². The SMILES string of the molecule is CCN(CC)C(CNC(=O)COc1ccccc1)c1ccc(OC)cc1. The lowest BCUT2D eigenvalue weighted by Crippen LogP contribution is -2.39. The smallest absolute Gasteiger partial charge is 0.258 e. The van der Waals surface area contributed by atoms with Crippen LogP contribution in [0.3, 0.4) is 0 Å². The monoisotopic (exact) mass is 356 g/mol. The van der Waals surface area contributed by atoms with E-state index in [0.29, 0.717) is 12.3 Å². The minimum Gasteiger partial charge on any atom is -0.497 e. The van der Waals surface area contributed by atoms with Crippen LogP contribution >= 0.6 is 0 Å². The van der Waals surface area contributed by atoms with Gasteiger partial charge in [0.1, 0.15) is 11.5 Å². The van der Waals surface area contributed by atoms with Gasteiger partial charge in [0.05, 0.1) is 13.2 Å². The highest BCUT2D eigenvalue weighted by Gasteiger charge is 2.19. The second kappa shape index (κ2) is 10.5. The van der Waals surface area contributed by atoms with Crippen molar-refractivity contribution in [2.75, 3.05) is 33.4 Å². The maximum atomic E-state index is 12.2. The highest BCUT2D eigenvalue weighted by molar-refractivity contribution is 5.77. The third-order valence-corrected chi connectivity index (χ3v) is 4.36. The summed E-state index contributed by atoms with van der Waals surface area (Å²) >= 11 is 0. The molecule has 5 nitrogen and oxygen atoms in total. The number of amides is 1. The summed E-state index contributed by atoms with van der Waals surface area (Å²) in [6, 6.07) is 17.5. The van der Waals surface area contributed by atoms with Crippen LogP contribution in [0.15, 0.2) is 54.6 Å². The van der Waals surface area contributed by atoms with E-state index in [1.165, 1.54) is 0 Å². The first-order valence-electron chi connectivity index (χ1n) is 9.00. The third kappa shape index (κ3) is 5.77. The molecular weight excluding hydrogens is 328 g/mol. The van der Waals surface area contributed by atoms with Gasteiger partial charge in [0.2, 0.25) is 0 Å². The average molecular weight is 356 g/mol. The lowest BCUT2D eigenvalue weighted by Gasteiger charge is -2.30. The molecule has 2 aromatic carbocycles. The van der Waals surface area contributed by atoms with Gasteiger partial charge in [-0.05, 0) is 42.9 Å². The number of benzene rings is 2. The van der Waals surface area contributed by atoms with Crippen LogP contribution in [-0.2, 0) is 4.79 Å². The van der Waals surface area contributed by atoms with Crippen molar-refractivity contribution in [1.82, 2.24) is 10.2 Å². The van der Waals surface area contributed by atoms with E-state index in [2.05, 4.69) is 36.2 Å². The molecule has 0 aliphatic heterocycles. The summed E-state index contributed by atoms with van der Waals surface area (Å²) in [5, 5.41) is 2.99. The molecule has 2 rings (SSSR count). The number of carbonyl (C=O) groups excluding carboxylic acids is 1. The van der Waals surface area contributed by atoms with Crippen molar-refractivity contribution in [3.63, 3.8) is 0 Å². The minimum atomic E-state index is -0.125. The van der Waals surface area contributed by atoms with E-state index in [4.69, 9.17) is 9.47 Å². The van der Waals surface area contributed by atoms with Crippen LogP contribution in [0.2, 0.25) is 0 Å². The largest absolute Gasteiger partial charge is 0.497 e. The van der Waals surface area contributed by atoms with Crippen molar-refractivity contribution >= 4 is 5.91 Å². The number of ether oxygens (including phenoxy) is 2. The number of para-hydroxylation sites is 1. The minimum absolute atomic E-state index is 0.0115. The molecule has 0 fully saturated rings. The maximum Gasteiger partial charge on any atom is 0.258 e. The Balaban J connectivity index is 1.96. The number of nitrogens with zero attached hydrogens (tertiary/aromatic N) is 1. The van der Waals surface area contributed by atoms with Gasteiger partial charge in [-0.1, -0.05) is 44.2 Å². The molecule has 0 aromatic heterocycles. The lowest BCUT2D eigenvalue weighted by atomic mass is 10.0. The van der Waals surface area contributed by atoms with Crippen LogP contribution in [0.1, 0.15) is 25.5 Å². The molecule has 0 aliphatic carbocycles. The van der Waals surface area contributed by atoms with Gasteiger partial charge in [-0.3, -0.25) is 9.69 Å². The molecule has 1 unspecified atom stereocenters. The van der Waals surface area contributed by atoms with E-state index >= 15 is 0 Å². The summed E-state index contributed by atoms with van der Waals surface area (Å²) in [4.78, 5) is 14.5. The molecule has 5 heteroatoms.